The van der Waals surface area contributed by atoms with Crippen LogP contribution < -0.4 is 11.5 Å². The van der Waals surface area contributed by atoms with E-state index in [1.807, 2.05) is 0 Å². The Balaban J connectivity index is -0.000000602. The number of hydrogen-bond acceptors (Lipinski definition) is 6. The summed E-state index contributed by atoms with van der Waals surface area (Å²) in [5.74, 6) is -6.06. The van der Waals surface area contributed by atoms with Gasteiger partial charge in [-0.3, -0.25) is 19.2 Å². The Hall–Kier alpha value is 0.319. The average Bonchev–Trinajstić information content (AvgIpc) is 2.10. The van der Waals surface area contributed by atoms with Crippen molar-refractivity contribution in [2.75, 3.05) is 0 Å². The number of carbonyl (C=O) groups is 4. The van der Waals surface area contributed by atoms with Crippen molar-refractivity contribution >= 4 is 83.0 Å². The van der Waals surface area contributed by atoms with Crippen LogP contribution in [0.2, 0.25) is 0 Å². The van der Waals surface area contributed by atoms with Crippen molar-refractivity contribution in [1.82, 2.24) is 0 Å². The number of hydrogen-bond donors (Lipinski definition) is 6. The molecular weight excluding hydrogens is 386 g/mol. The molecule has 23 heavy (non-hydrogen) atoms. The second kappa shape index (κ2) is 12.6. The number of carboxylic acid groups (broad SMARTS) is 4. The molecule has 0 aromatic rings. The Kier molecular flexibility index (Phi) is 17.1. The summed E-state index contributed by atoms with van der Waals surface area (Å²) in [4.78, 5) is 43.2. The summed E-state index contributed by atoms with van der Waals surface area (Å²) >= 11 is 0. The number of aliphatic carboxylic acids is 4. The van der Waals surface area contributed by atoms with Crippen molar-refractivity contribution in [3.8, 4) is 0 Å². The van der Waals surface area contributed by atoms with Gasteiger partial charge in [-0.1, -0.05) is 0 Å². The second-order valence-electron chi connectivity index (χ2n) is 4.59. The van der Waals surface area contributed by atoms with Crippen molar-refractivity contribution in [3.05, 3.63) is 0 Å². The molecule has 0 rings (SSSR count). The molecule has 0 heterocycles. The molecule has 0 aromatic heterocycles. The normalized spacial score (nSPS) is 10.3. The Labute approximate surface area is 186 Å². The van der Waals surface area contributed by atoms with Crippen molar-refractivity contribution < 1.29 is 56.7 Å². The molecule has 0 saturated heterocycles. The topological polar surface area (TPSA) is 201 Å². The fourth-order valence-corrected chi connectivity index (χ4v) is 1.91. The molecule has 1 radical (unpaired) electrons. The van der Waals surface area contributed by atoms with Crippen LogP contribution in [0.3, 0.4) is 0 Å². The Morgan fingerprint density at radius 3 is 0.826 bits per heavy atom. The maximum atomic E-state index is 10.8. The molecule has 0 amide bonds. The van der Waals surface area contributed by atoms with E-state index in [-0.39, 0.29) is 76.2 Å². The first kappa shape index (κ1) is 31.1. The van der Waals surface area contributed by atoms with Crippen molar-refractivity contribution in [3.63, 3.8) is 0 Å². The fraction of sp³-hybridized carbons (Fsp3) is 0.600. The van der Waals surface area contributed by atoms with Gasteiger partial charge in [-0.2, -0.15) is 0 Å². The van der Waals surface area contributed by atoms with Gasteiger partial charge in [0.2, 0.25) is 0 Å². The third kappa shape index (κ3) is 10.7. The van der Waals surface area contributed by atoms with Crippen molar-refractivity contribution in [1.29, 1.82) is 0 Å². The molecule has 10 nitrogen and oxygen atoms in total. The number of nitrogens with two attached hydrogens (primary N) is 2. The molecule has 0 aliphatic carbocycles. The monoisotopic (exact) mass is 403 g/mol. The van der Waals surface area contributed by atoms with Gasteiger partial charge in [0.05, 0.1) is 36.8 Å². The van der Waals surface area contributed by atoms with Crippen LogP contribution in [0.15, 0.2) is 0 Å². The number of carboxylic acids is 4. The molecule has 129 valence electrons. The van der Waals surface area contributed by atoms with Crippen molar-refractivity contribution in [2.24, 2.45) is 11.5 Å². The molecule has 8 N–H and O–H groups in total. The summed E-state index contributed by atoms with van der Waals surface area (Å²) < 4.78 is 0. The van der Waals surface area contributed by atoms with E-state index < -0.39 is 60.6 Å². The minimum absolute atomic E-state index is 0. The van der Waals surface area contributed by atoms with Gasteiger partial charge in [0.25, 0.3) is 0 Å². The van der Waals surface area contributed by atoms with Crippen LogP contribution in [0.4, 0.5) is 0 Å². The molecule has 0 unspecified atom stereocenters. The second-order valence-corrected chi connectivity index (χ2v) is 4.59. The van der Waals surface area contributed by atoms with E-state index in [9.17, 15) is 19.2 Å². The molecule has 0 spiro atoms. The van der Waals surface area contributed by atoms with Crippen LogP contribution in [0.5, 0.6) is 0 Å². The molecular formula is C10H18CuN2Na2O8. The molecule has 0 bridgehead atoms. The first-order chi connectivity index (χ1) is 8.92. The zero-order chi connectivity index (χ0) is 16.1. The Bertz CT molecular complexity index is 377. The Morgan fingerprint density at radius 2 is 0.739 bits per heavy atom. The molecule has 0 saturated carbocycles. The first-order valence-electron chi connectivity index (χ1n) is 5.37. The van der Waals surface area contributed by atoms with E-state index >= 15 is 0 Å². The van der Waals surface area contributed by atoms with Gasteiger partial charge in [0, 0.05) is 17.1 Å². The SMILES string of the molecule is NC(CC(=O)O)(CC(=O)O)C(N)(CC(=O)O)CC(=O)O.[Cu].[NaH].[NaH]. The van der Waals surface area contributed by atoms with E-state index in [1.54, 1.807) is 0 Å². The summed E-state index contributed by atoms with van der Waals surface area (Å²) in [6.45, 7) is 0. The van der Waals surface area contributed by atoms with E-state index in [0.29, 0.717) is 0 Å². The van der Waals surface area contributed by atoms with Crippen molar-refractivity contribution in [2.45, 2.75) is 36.8 Å². The third-order valence-electron chi connectivity index (χ3n) is 2.86. The van der Waals surface area contributed by atoms with E-state index in [1.165, 1.54) is 0 Å². The fourth-order valence-electron chi connectivity index (χ4n) is 1.91. The molecule has 13 heteroatoms. The summed E-state index contributed by atoms with van der Waals surface area (Å²) in [7, 11) is 0. The third-order valence-corrected chi connectivity index (χ3v) is 2.86. The molecule has 0 aliphatic heterocycles. The zero-order valence-electron chi connectivity index (χ0n) is 10.7. The summed E-state index contributed by atoms with van der Waals surface area (Å²) in [6.07, 6.45) is -3.90. The van der Waals surface area contributed by atoms with Crippen LogP contribution in [-0.2, 0) is 36.2 Å². The quantitative estimate of drug-likeness (QED) is 0.215. The predicted molar refractivity (Wildman–Crippen MR) is 77.1 cm³/mol. The summed E-state index contributed by atoms with van der Waals surface area (Å²) in [5, 5.41) is 35.1. The summed E-state index contributed by atoms with van der Waals surface area (Å²) in [5.41, 5.74) is 6.88. The van der Waals surface area contributed by atoms with Gasteiger partial charge in [-0.25, -0.2) is 0 Å². The van der Waals surface area contributed by atoms with Gasteiger partial charge in [-0.15, -0.1) is 0 Å². The van der Waals surface area contributed by atoms with Crippen LogP contribution in [0, 0.1) is 0 Å². The molecule has 0 atom stereocenters. The summed E-state index contributed by atoms with van der Waals surface area (Å²) in [6, 6.07) is 0. The molecule has 0 aromatic carbocycles. The zero-order valence-corrected chi connectivity index (χ0v) is 11.6. The van der Waals surface area contributed by atoms with Crippen LogP contribution in [0.25, 0.3) is 0 Å². The van der Waals surface area contributed by atoms with Crippen LogP contribution in [0.1, 0.15) is 25.7 Å². The van der Waals surface area contributed by atoms with Crippen LogP contribution >= 0.6 is 0 Å². The molecule has 0 aliphatic rings. The van der Waals surface area contributed by atoms with Gasteiger partial charge in [0.1, 0.15) is 0 Å². The molecule has 0 fully saturated rings. The van der Waals surface area contributed by atoms with E-state index in [4.69, 9.17) is 31.9 Å². The average molecular weight is 404 g/mol. The predicted octanol–water partition coefficient (Wildman–Crippen LogP) is -3.02. The standard InChI is InChI=1S/C10H16N2O8.Cu.2Na.2H/c11-9(1-5(13)14,2-6(15)16)10(12,3-7(17)18)4-8(19)20;;;;;/h1-4,11-12H2,(H,13,14)(H,15,16)(H,17,18)(H,19,20);;;;;. The Morgan fingerprint density at radius 1 is 0.609 bits per heavy atom. The van der Waals surface area contributed by atoms with Gasteiger partial charge < -0.3 is 31.9 Å². The van der Waals surface area contributed by atoms with E-state index in [0.717, 1.165) is 0 Å². The first-order valence-corrected chi connectivity index (χ1v) is 5.37. The van der Waals surface area contributed by atoms with Crippen LogP contribution in [-0.4, -0.2) is 114 Å². The minimum atomic E-state index is -2.22. The van der Waals surface area contributed by atoms with Gasteiger partial charge >= 0.3 is 83.0 Å². The van der Waals surface area contributed by atoms with Gasteiger partial charge in [0.15, 0.2) is 0 Å². The number of rotatable bonds is 9. The van der Waals surface area contributed by atoms with Gasteiger partial charge in [-0.05, 0) is 0 Å². The maximum absolute atomic E-state index is 10.8. The van der Waals surface area contributed by atoms with E-state index in [2.05, 4.69) is 0 Å².